The number of hydrogen-bond acceptors (Lipinski definition) is 3. The van der Waals surface area contributed by atoms with Crippen molar-refractivity contribution >= 4 is 28.5 Å². The van der Waals surface area contributed by atoms with Gasteiger partial charge in [0.15, 0.2) is 0 Å². The Bertz CT molecular complexity index is 1270. The molecule has 0 unspecified atom stereocenters. The number of rotatable bonds is 8. The Hall–Kier alpha value is -3.31. The minimum atomic E-state index is -0.103. The molecular formula is C27H28ClN3O2. The first-order chi connectivity index (χ1) is 15.9. The summed E-state index contributed by atoms with van der Waals surface area (Å²) in [5, 5.41) is 3.79. The highest BCUT2D eigenvalue weighted by Crippen LogP contribution is 2.26. The van der Waals surface area contributed by atoms with E-state index in [1.165, 1.54) is 0 Å². The molecule has 0 fully saturated rings. The van der Waals surface area contributed by atoms with Gasteiger partial charge in [-0.1, -0.05) is 41.4 Å². The van der Waals surface area contributed by atoms with Crippen molar-refractivity contribution in [3.05, 3.63) is 93.8 Å². The van der Waals surface area contributed by atoms with E-state index in [-0.39, 0.29) is 5.91 Å². The van der Waals surface area contributed by atoms with Crippen LogP contribution < -0.4 is 10.1 Å². The number of hydrogen-bond donors (Lipinski definition) is 1. The molecule has 5 nitrogen and oxygen atoms in total. The molecule has 4 aromatic rings. The molecule has 0 spiro atoms. The molecule has 0 aliphatic heterocycles. The number of aryl methyl sites for hydroxylation is 4. The maximum Gasteiger partial charge on any atom is 0.251 e. The Morgan fingerprint density at radius 3 is 2.55 bits per heavy atom. The van der Waals surface area contributed by atoms with Gasteiger partial charge in [-0.15, -0.1) is 0 Å². The number of amides is 1. The van der Waals surface area contributed by atoms with E-state index < -0.39 is 0 Å². The SMILES string of the molecule is Cc1cccc(C(=O)NCc2nc3ccccc3n2CCCOc2cc(C)c(Cl)c(C)c2)c1. The second kappa shape index (κ2) is 10.1. The molecule has 1 aromatic heterocycles. The largest absolute Gasteiger partial charge is 0.494 e. The lowest BCUT2D eigenvalue weighted by Crippen LogP contribution is -2.25. The van der Waals surface area contributed by atoms with Gasteiger partial charge in [-0.2, -0.15) is 0 Å². The fourth-order valence-electron chi connectivity index (χ4n) is 3.96. The zero-order chi connectivity index (χ0) is 23.4. The van der Waals surface area contributed by atoms with Gasteiger partial charge in [0.1, 0.15) is 11.6 Å². The number of imidazole rings is 1. The van der Waals surface area contributed by atoms with E-state index in [2.05, 4.69) is 16.0 Å². The number of benzene rings is 3. The number of carbonyl (C=O) groups excluding carboxylic acids is 1. The summed E-state index contributed by atoms with van der Waals surface area (Å²) >= 11 is 6.25. The molecule has 0 saturated carbocycles. The second-order valence-corrected chi connectivity index (χ2v) is 8.67. The Kier molecular flexibility index (Phi) is 6.99. The maximum atomic E-state index is 12.6. The van der Waals surface area contributed by atoms with E-state index in [1.54, 1.807) is 0 Å². The van der Waals surface area contributed by atoms with E-state index in [4.69, 9.17) is 21.3 Å². The summed E-state index contributed by atoms with van der Waals surface area (Å²) in [6.45, 7) is 7.61. The van der Waals surface area contributed by atoms with Crippen molar-refractivity contribution in [3.8, 4) is 5.75 Å². The van der Waals surface area contributed by atoms with Gasteiger partial charge in [0.2, 0.25) is 0 Å². The minimum absolute atomic E-state index is 0.103. The van der Waals surface area contributed by atoms with Crippen LogP contribution in [0.5, 0.6) is 5.75 Å². The van der Waals surface area contributed by atoms with E-state index in [0.717, 1.165) is 57.3 Å². The van der Waals surface area contributed by atoms with Gasteiger partial charge >= 0.3 is 0 Å². The second-order valence-electron chi connectivity index (χ2n) is 8.29. The standard InChI is InChI=1S/C27H28ClN3O2/c1-18-8-6-9-21(14-18)27(32)29-17-25-30-23-10-4-5-11-24(23)31(25)12-7-13-33-22-15-19(2)26(28)20(3)16-22/h4-6,8-11,14-16H,7,12-13,17H2,1-3H3,(H,29,32). The van der Waals surface area contributed by atoms with Crippen LogP contribution >= 0.6 is 11.6 Å². The topological polar surface area (TPSA) is 56.2 Å². The smallest absolute Gasteiger partial charge is 0.251 e. The van der Waals surface area contributed by atoms with Gasteiger partial charge in [-0.25, -0.2) is 4.98 Å². The third kappa shape index (κ3) is 5.37. The van der Waals surface area contributed by atoms with Crippen LogP contribution in [0.25, 0.3) is 11.0 Å². The molecule has 0 saturated heterocycles. The van der Waals surface area contributed by atoms with Gasteiger partial charge in [0.05, 0.1) is 24.2 Å². The van der Waals surface area contributed by atoms with Crippen LogP contribution in [0.4, 0.5) is 0 Å². The molecule has 170 valence electrons. The fraction of sp³-hybridized carbons (Fsp3) is 0.259. The number of para-hydroxylation sites is 2. The van der Waals surface area contributed by atoms with Crippen molar-refractivity contribution in [1.29, 1.82) is 0 Å². The number of ether oxygens (including phenoxy) is 1. The Morgan fingerprint density at radius 2 is 1.79 bits per heavy atom. The third-order valence-corrected chi connectivity index (χ3v) is 6.22. The molecule has 0 radical (unpaired) electrons. The average molecular weight is 462 g/mol. The van der Waals surface area contributed by atoms with Crippen LogP contribution in [0, 0.1) is 20.8 Å². The van der Waals surface area contributed by atoms with Gasteiger partial charge in [0.25, 0.3) is 5.91 Å². The summed E-state index contributed by atoms with van der Waals surface area (Å²) in [5.74, 6) is 1.56. The molecule has 0 atom stereocenters. The predicted molar refractivity (Wildman–Crippen MR) is 133 cm³/mol. The van der Waals surface area contributed by atoms with Crippen LogP contribution in [-0.4, -0.2) is 22.1 Å². The Balaban J connectivity index is 1.43. The van der Waals surface area contributed by atoms with Crippen LogP contribution in [0.1, 0.15) is 39.3 Å². The van der Waals surface area contributed by atoms with E-state index in [0.29, 0.717) is 18.7 Å². The van der Waals surface area contributed by atoms with Gasteiger partial charge < -0.3 is 14.6 Å². The van der Waals surface area contributed by atoms with Crippen LogP contribution in [0.3, 0.4) is 0 Å². The minimum Gasteiger partial charge on any atom is -0.494 e. The van der Waals surface area contributed by atoms with Crippen molar-refractivity contribution in [1.82, 2.24) is 14.9 Å². The molecule has 3 aromatic carbocycles. The number of halogens is 1. The number of nitrogens with one attached hydrogen (secondary N) is 1. The van der Waals surface area contributed by atoms with Gasteiger partial charge in [-0.05, 0) is 74.7 Å². The molecule has 33 heavy (non-hydrogen) atoms. The summed E-state index contributed by atoms with van der Waals surface area (Å²) in [7, 11) is 0. The van der Waals surface area contributed by atoms with E-state index in [1.807, 2.05) is 75.4 Å². The molecule has 1 heterocycles. The summed E-state index contributed by atoms with van der Waals surface area (Å²) in [5.41, 5.74) is 5.70. The first-order valence-electron chi connectivity index (χ1n) is 11.1. The van der Waals surface area contributed by atoms with Crippen molar-refractivity contribution in [2.24, 2.45) is 0 Å². The van der Waals surface area contributed by atoms with Crippen LogP contribution in [0.15, 0.2) is 60.7 Å². The van der Waals surface area contributed by atoms with E-state index in [9.17, 15) is 4.79 Å². The fourth-order valence-corrected chi connectivity index (χ4v) is 4.07. The van der Waals surface area contributed by atoms with Crippen molar-refractivity contribution < 1.29 is 9.53 Å². The third-order valence-electron chi connectivity index (χ3n) is 5.63. The lowest BCUT2D eigenvalue weighted by Gasteiger charge is -2.12. The lowest BCUT2D eigenvalue weighted by molar-refractivity contribution is 0.0949. The number of carbonyl (C=O) groups is 1. The monoisotopic (exact) mass is 461 g/mol. The molecule has 1 N–H and O–H groups in total. The molecule has 4 rings (SSSR count). The zero-order valence-electron chi connectivity index (χ0n) is 19.2. The van der Waals surface area contributed by atoms with Crippen molar-refractivity contribution in [3.63, 3.8) is 0 Å². The van der Waals surface area contributed by atoms with Crippen LogP contribution in [0.2, 0.25) is 5.02 Å². The van der Waals surface area contributed by atoms with Crippen LogP contribution in [-0.2, 0) is 13.1 Å². The zero-order valence-corrected chi connectivity index (χ0v) is 19.9. The molecule has 0 bridgehead atoms. The van der Waals surface area contributed by atoms with Crippen molar-refractivity contribution in [2.45, 2.75) is 40.3 Å². The molecule has 0 aliphatic carbocycles. The average Bonchev–Trinajstić information content (AvgIpc) is 3.16. The summed E-state index contributed by atoms with van der Waals surface area (Å²) in [6.07, 6.45) is 0.805. The highest BCUT2D eigenvalue weighted by molar-refractivity contribution is 6.32. The first kappa shape index (κ1) is 22.9. The number of aromatic nitrogens is 2. The summed E-state index contributed by atoms with van der Waals surface area (Å²) in [4.78, 5) is 17.4. The maximum absolute atomic E-state index is 12.6. The predicted octanol–water partition coefficient (Wildman–Crippen LogP) is 6.01. The summed E-state index contributed by atoms with van der Waals surface area (Å²) < 4.78 is 8.14. The van der Waals surface area contributed by atoms with E-state index >= 15 is 0 Å². The van der Waals surface area contributed by atoms with Gasteiger partial charge in [0, 0.05) is 17.1 Å². The molecular weight excluding hydrogens is 434 g/mol. The van der Waals surface area contributed by atoms with Gasteiger partial charge in [-0.3, -0.25) is 4.79 Å². The highest BCUT2D eigenvalue weighted by atomic mass is 35.5. The van der Waals surface area contributed by atoms with Crippen molar-refractivity contribution in [2.75, 3.05) is 6.61 Å². The normalized spacial score (nSPS) is 11.0. The first-order valence-corrected chi connectivity index (χ1v) is 11.5. The molecule has 0 aliphatic rings. The molecule has 1 amide bonds. The molecule has 6 heteroatoms. The lowest BCUT2D eigenvalue weighted by atomic mass is 10.1. The quantitative estimate of drug-likeness (QED) is 0.327. The Labute approximate surface area is 199 Å². The summed E-state index contributed by atoms with van der Waals surface area (Å²) in [6, 6.07) is 19.5. The Morgan fingerprint density at radius 1 is 1.03 bits per heavy atom. The highest BCUT2D eigenvalue weighted by Gasteiger charge is 2.13. The number of nitrogens with zero attached hydrogens (tertiary/aromatic N) is 2. The number of fused-ring (bicyclic) bond motifs is 1.